The van der Waals surface area contributed by atoms with Crippen LogP contribution in [-0.4, -0.2) is 70.8 Å². The lowest BCUT2D eigenvalue weighted by Gasteiger charge is -2.52. The number of likely N-dealkylation sites (tertiary alicyclic amines) is 1. The number of nitrogens with zero attached hydrogens (tertiary/aromatic N) is 3. The first-order valence-corrected chi connectivity index (χ1v) is 10.7. The SMILES string of the molecule is C=CC(=O)N1CC(CC)(C(C)C)C1.C=CC(=O)N1CCN(C(C)C)CC12CC2. The Kier molecular flexibility index (Phi) is 7.13. The maximum Gasteiger partial charge on any atom is 0.246 e. The number of carbonyl (C=O) groups is 2. The Morgan fingerprint density at radius 1 is 0.964 bits per heavy atom. The summed E-state index contributed by atoms with van der Waals surface area (Å²) in [5.41, 5.74) is 0.534. The Morgan fingerprint density at radius 2 is 1.54 bits per heavy atom. The van der Waals surface area contributed by atoms with Gasteiger partial charge < -0.3 is 9.80 Å². The Hall–Kier alpha value is -1.62. The van der Waals surface area contributed by atoms with Gasteiger partial charge in [-0.1, -0.05) is 33.9 Å². The normalized spacial score (nSPS) is 22.4. The smallest absolute Gasteiger partial charge is 0.246 e. The lowest BCUT2D eigenvalue weighted by molar-refractivity contribution is -0.141. The summed E-state index contributed by atoms with van der Waals surface area (Å²) in [6, 6.07) is 0.587. The predicted octanol–water partition coefficient (Wildman–Crippen LogP) is 3.32. The average Bonchev–Trinajstić information content (AvgIpc) is 3.39. The lowest BCUT2D eigenvalue weighted by atomic mass is 9.69. The minimum Gasteiger partial charge on any atom is -0.338 e. The van der Waals surface area contributed by atoms with E-state index >= 15 is 0 Å². The summed E-state index contributed by atoms with van der Waals surface area (Å²) in [6.45, 7) is 22.9. The molecular weight excluding hydrogens is 350 g/mol. The molecule has 2 saturated heterocycles. The Labute approximate surface area is 171 Å². The highest BCUT2D eigenvalue weighted by Crippen LogP contribution is 2.44. The van der Waals surface area contributed by atoms with Crippen LogP contribution in [0.25, 0.3) is 0 Å². The Morgan fingerprint density at radius 3 is 1.93 bits per heavy atom. The highest BCUT2D eigenvalue weighted by molar-refractivity contribution is 5.88. The molecule has 0 unspecified atom stereocenters. The summed E-state index contributed by atoms with van der Waals surface area (Å²) in [5.74, 6) is 0.840. The van der Waals surface area contributed by atoms with Crippen molar-refractivity contribution in [2.24, 2.45) is 11.3 Å². The summed E-state index contributed by atoms with van der Waals surface area (Å²) in [4.78, 5) is 29.3. The monoisotopic (exact) mass is 389 g/mol. The molecule has 158 valence electrons. The summed E-state index contributed by atoms with van der Waals surface area (Å²) in [7, 11) is 0. The Balaban J connectivity index is 0.000000203. The highest BCUT2D eigenvalue weighted by atomic mass is 16.2. The number of hydrogen-bond donors (Lipinski definition) is 0. The van der Waals surface area contributed by atoms with Gasteiger partial charge in [0.05, 0.1) is 5.54 Å². The fourth-order valence-corrected chi connectivity index (χ4v) is 4.47. The van der Waals surface area contributed by atoms with Crippen LogP contribution in [0.1, 0.15) is 53.9 Å². The first kappa shape index (κ1) is 22.7. The van der Waals surface area contributed by atoms with Crippen molar-refractivity contribution in [1.82, 2.24) is 14.7 Å². The number of amides is 2. The second kappa shape index (κ2) is 8.81. The van der Waals surface area contributed by atoms with Gasteiger partial charge in [0.1, 0.15) is 0 Å². The zero-order valence-corrected chi connectivity index (χ0v) is 18.5. The first-order chi connectivity index (χ1) is 13.1. The van der Waals surface area contributed by atoms with Crippen LogP contribution in [0.15, 0.2) is 25.3 Å². The van der Waals surface area contributed by atoms with Gasteiger partial charge in [-0.3, -0.25) is 14.5 Å². The van der Waals surface area contributed by atoms with Crippen molar-refractivity contribution in [1.29, 1.82) is 0 Å². The molecule has 1 aliphatic carbocycles. The van der Waals surface area contributed by atoms with E-state index in [1.807, 2.05) is 9.80 Å². The molecule has 0 aromatic carbocycles. The summed E-state index contributed by atoms with van der Waals surface area (Å²) in [5, 5.41) is 0. The minimum absolute atomic E-state index is 0.0738. The molecule has 28 heavy (non-hydrogen) atoms. The van der Waals surface area contributed by atoms with E-state index in [2.05, 4.69) is 52.7 Å². The van der Waals surface area contributed by atoms with E-state index in [-0.39, 0.29) is 17.4 Å². The third-order valence-corrected chi connectivity index (χ3v) is 7.11. The van der Waals surface area contributed by atoms with E-state index in [9.17, 15) is 9.59 Å². The predicted molar refractivity (Wildman–Crippen MR) is 115 cm³/mol. The number of piperazine rings is 1. The molecule has 3 fully saturated rings. The van der Waals surface area contributed by atoms with Crippen molar-refractivity contribution in [3.63, 3.8) is 0 Å². The molecule has 5 nitrogen and oxygen atoms in total. The van der Waals surface area contributed by atoms with Crippen molar-refractivity contribution in [2.75, 3.05) is 32.7 Å². The topological polar surface area (TPSA) is 43.9 Å². The zero-order chi connectivity index (χ0) is 21.1. The fraction of sp³-hybridized carbons (Fsp3) is 0.739. The van der Waals surface area contributed by atoms with Crippen molar-refractivity contribution in [3.8, 4) is 0 Å². The van der Waals surface area contributed by atoms with Gasteiger partial charge in [-0.25, -0.2) is 0 Å². The van der Waals surface area contributed by atoms with Gasteiger partial charge in [-0.15, -0.1) is 0 Å². The molecule has 0 radical (unpaired) electrons. The van der Waals surface area contributed by atoms with E-state index in [1.54, 1.807) is 0 Å². The van der Waals surface area contributed by atoms with E-state index in [0.717, 1.165) is 52.0 Å². The van der Waals surface area contributed by atoms with Crippen molar-refractivity contribution in [2.45, 2.75) is 65.5 Å². The molecule has 5 heteroatoms. The largest absolute Gasteiger partial charge is 0.338 e. The molecule has 3 aliphatic rings. The van der Waals surface area contributed by atoms with E-state index in [4.69, 9.17) is 0 Å². The molecule has 2 heterocycles. The molecule has 0 aromatic heterocycles. The molecule has 1 saturated carbocycles. The van der Waals surface area contributed by atoms with E-state index in [0.29, 0.717) is 17.4 Å². The lowest BCUT2D eigenvalue weighted by Crippen LogP contribution is -2.60. The van der Waals surface area contributed by atoms with Gasteiger partial charge in [0.2, 0.25) is 11.8 Å². The number of carbonyl (C=O) groups excluding carboxylic acids is 2. The number of hydrogen-bond acceptors (Lipinski definition) is 3. The van der Waals surface area contributed by atoms with Crippen LogP contribution >= 0.6 is 0 Å². The van der Waals surface area contributed by atoms with Crippen LogP contribution in [0.4, 0.5) is 0 Å². The van der Waals surface area contributed by atoms with Gasteiger partial charge in [0, 0.05) is 44.2 Å². The van der Waals surface area contributed by atoms with Crippen LogP contribution in [0.2, 0.25) is 0 Å². The molecule has 1 spiro atoms. The molecule has 0 bridgehead atoms. The van der Waals surface area contributed by atoms with Crippen LogP contribution in [0.5, 0.6) is 0 Å². The summed E-state index contributed by atoms with van der Waals surface area (Å²) < 4.78 is 0. The van der Waals surface area contributed by atoms with Gasteiger partial charge in [-0.05, 0) is 51.2 Å². The van der Waals surface area contributed by atoms with Gasteiger partial charge in [0.15, 0.2) is 0 Å². The zero-order valence-electron chi connectivity index (χ0n) is 18.5. The summed E-state index contributed by atoms with van der Waals surface area (Å²) in [6.07, 6.45) is 6.34. The second-order valence-electron chi connectivity index (χ2n) is 9.25. The highest BCUT2D eigenvalue weighted by Gasteiger charge is 2.52. The third-order valence-electron chi connectivity index (χ3n) is 7.11. The molecular formula is C23H39N3O2. The van der Waals surface area contributed by atoms with Gasteiger partial charge in [-0.2, -0.15) is 0 Å². The quantitative estimate of drug-likeness (QED) is 0.678. The van der Waals surface area contributed by atoms with Crippen LogP contribution in [-0.2, 0) is 9.59 Å². The Bertz CT molecular complexity index is 601. The average molecular weight is 390 g/mol. The fourth-order valence-electron chi connectivity index (χ4n) is 4.47. The standard InChI is InChI=1S/C12H20N2O.C11H19NO/c1-4-11(15)14-8-7-13(10(2)3)9-12(14)5-6-12;1-5-10(13)12-7-11(6-2,8-12)9(3)4/h4,10H,1,5-9H2,2-3H3;5,9H,1,6-8H2,2-4H3. The van der Waals surface area contributed by atoms with Crippen molar-refractivity contribution in [3.05, 3.63) is 25.3 Å². The maximum absolute atomic E-state index is 11.7. The van der Waals surface area contributed by atoms with Crippen molar-refractivity contribution < 1.29 is 9.59 Å². The molecule has 2 aliphatic heterocycles. The molecule has 0 atom stereocenters. The van der Waals surface area contributed by atoms with Crippen LogP contribution in [0, 0.1) is 11.3 Å². The first-order valence-electron chi connectivity index (χ1n) is 10.7. The molecule has 3 rings (SSSR count). The van der Waals surface area contributed by atoms with Crippen LogP contribution in [0.3, 0.4) is 0 Å². The van der Waals surface area contributed by atoms with E-state index < -0.39 is 0 Å². The second-order valence-corrected chi connectivity index (χ2v) is 9.25. The van der Waals surface area contributed by atoms with Crippen LogP contribution < -0.4 is 0 Å². The van der Waals surface area contributed by atoms with Crippen molar-refractivity contribution >= 4 is 11.8 Å². The molecule has 0 aromatic rings. The third kappa shape index (κ3) is 4.51. The molecule has 2 amide bonds. The molecule has 0 N–H and O–H groups in total. The maximum atomic E-state index is 11.7. The summed E-state index contributed by atoms with van der Waals surface area (Å²) >= 11 is 0. The van der Waals surface area contributed by atoms with Gasteiger partial charge in [0.25, 0.3) is 0 Å². The van der Waals surface area contributed by atoms with E-state index in [1.165, 1.54) is 12.2 Å². The minimum atomic E-state index is 0.0738. The van der Waals surface area contributed by atoms with Gasteiger partial charge >= 0.3 is 0 Å². The number of rotatable bonds is 5.